The number of hydrogen-bond acceptors (Lipinski definition) is 4. The molecule has 1 atom stereocenters. The standard InChI is InChI=1S/C21H28N2O4S/c1-5-23(6-2)28(25,26)18-13-11-17(12-14-18)21(24)22-15-20(27-4)19-10-8-7-9-16(19)3/h7-14,20H,5-6,15H2,1-4H3,(H,22,24). The Morgan fingerprint density at radius 3 is 2.21 bits per heavy atom. The summed E-state index contributed by atoms with van der Waals surface area (Å²) in [4.78, 5) is 12.6. The van der Waals surface area contributed by atoms with Gasteiger partial charge in [0.05, 0.1) is 11.0 Å². The number of sulfonamides is 1. The average Bonchev–Trinajstić information content (AvgIpc) is 2.70. The number of methoxy groups -OCH3 is 1. The highest BCUT2D eigenvalue weighted by Gasteiger charge is 2.22. The van der Waals surface area contributed by atoms with Gasteiger partial charge in [-0.1, -0.05) is 38.1 Å². The van der Waals surface area contributed by atoms with Crippen LogP contribution in [0.3, 0.4) is 0 Å². The third-order valence-electron chi connectivity index (χ3n) is 4.73. The molecule has 0 radical (unpaired) electrons. The number of hydrogen-bond donors (Lipinski definition) is 1. The lowest BCUT2D eigenvalue weighted by atomic mass is 10.0. The summed E-state index contributed by atoms with van der Waals surface area (Å²) in [5.41, 5.74) is 2.51. The first-order valence-corrected chi connectivity index (χ1v) is 10.8. The maximum Gasteiger partial charge on any atom is 0.251 e. The molecule has 1 unspecified atom stereocenters. The van der Waals surface area contributed by atoms with E-state index in [0.29, 0.717) is 25.2 Å². The number of aryl methyl sites for hydroxylation is 1. The van der Waals surface area contributed by atoms with Crippen LogP contribution >= 0.6 is 0 Å². The summed E-state index contributed by atoms with van der Waals surface area (Å²) in [5.74, 6) is -0.276. The molecule has 2 rings (SSSR count). The fraction of sp³-hybridized carbons (Fsp3) is 0.381. The van der Waals surface area contributed by atoms with Crippen molar-refractivity contribution in [2.45, 2.75) is 31.8 Å². The molecule has 7 heteroatoms. The predicted octanol–water partition coefficient (Wildman–Crippen LogP) is 3.14. The lowest BCUT2D eigenvalue weighted by Crippen LogP contribution is -2.31. The van der Waals surface area contributed by atoms with E-state index in [-0.39, 0.29) is 16.9 Å². The number of nitrogens with zero attached hydrogens (tertiary/aromatic N) is 1. The van der Waals surface area contributed by atoms with E-state index in [9.17, 15) is 13.2 Å². The Hall–Kier alpha value is -2.22. The van der Waals surface area contributed by atoms with E-state index in [4.69, 9.17) is 4.74 Å². The molecule has 2 aromatic rings. The Balaban J connectivity index is 2.08. The maximum absolute atomic E-state index is 12.5. The van der Waals surface area contributed by atoms with Crippen molar-refractivity contribution in [2.24, 2.45) is 0 Å². The second-order valence-electron chi connectivity index (χ2n) is 6.40. The van der Waals surface area contributed by atoms with Crippen molar-refractivity contribution in [3.63, 3.8) is 0 Å². The summed E-state index contributed by atoms with van der Waals surface area (Å²) in [5, 5.41) is 2.86. The fourth-order valence-corrected chi connectivity index (χ4v) is 4.50. The normalized spacial score (nSPS) is 12.8. The Kier molecular flexibility index (Phi) is 7.74. The van der Waals surface area contributed by atoms with Crippen LogP contribution in [0.1, 0.15) is 41.4 Å². The van der Waals surface area contributed by atoms with Gasteiger partial charge in [-0.2, -0.15) is 4.31 Å². The highest BCUT2D eigenvalue weighted by Crippen LogP contribution is 2.20. The Labute approximate surface area is 167 Å². The van der Waals surface area contributed by atoms with Gasteiger partial charge < -0.3 is 10.1 Å². The van der Waals surface area contributed by atoms with Gasteiger partial charge in [-0.25, -0.2) is 8.42 Å². The maximum atomic E-state index is 12.5. The second-order valence-corrected chi connectivity index (χ2v) is 8.34. The molecule has 0 spiro atoms. The van der Waals surface area contributed by atoms with E-state index in [1.807, 2.05) is 31.2 Å². The van der Waals surface area contributed by atoms with Gasteiger partial charge in [0.25, 0.3) is 5.91 Å². The van der Waals surface area contributed by atoms with Crippen molar-refractivity contribution < 1.29 is 17.9 Å². The van der Waals surface area contributed by atoms with E-state index < -0.39 is 10.0 Å². The molecule has 28 heavy (non-hydrogen) atoms. The Morgan fingerprint density at radius 2 is 1.68 bits per heavy atom. The van der Waals surface area contributed by atoms with Gasteiger partial charge in [-0.05, 0) is 42.3 Å². The molecule has 0 aliphatic heterocycles. The molecule has 152 valence electrons. The molecule has 0 aliphatic rings. The quantitative estimate of drug-likeness (QED) is 0.697. The highest BCUT2D eigenvalue weighted by molar-refractivity contribution is 7.89. The SMILES string of the molecule is CCN(CC)S(=O)(=O)c1ccc(C(=O)NCC(OC)c2ccccc2C)cc1. The largest absolute Gasteiger partial charge is 0.375 e. The van der Waals surface area contributed by atoms with Crippen molar-refractivity contribution in [1.82, 2.24) is 9.62 Å². The lowest BCUT2D eigenvalue weighted by molar-refractivity contribution is 0.0826. The summed E-state index contributed by atoms with van der Waals surface area (Å²) in [7, 11) is -1.93. The van der Waals surface area contributed by atoms with E-state index in [2.05, 4.69) is 5.32 Å². The molecular formula is C21H28N2O4S. The third-order valence-corrected chi connectivity index (χ3v) is 6.79. The van der Waals surface area contributed by atoms with Crippen LogP contribution in [-0.2, 0) is 14.8 Å². The zero-order valence-electron chi connectivity index (χ0n) is 16.8. The first kappa shape index (κ1) is 22.1. The van der Waals surface area contributed by atoms with Crippen molar-refractivity contribution >= 4 is 15.9 Å². The van der Waals surface area contributed by atoms with Gasteiger partial charge in [0.15, 0.2) is 0 Å². The molecule has 2 aromatic carbocycles. The Morgan fingerprint density at radius 1 is 1.07 bits per heavy atom. The summed E-state index contributed by atoms with van der Waals surface area (Å²) in [6.07, 6.45) is -0.257. The minimum absolute atomic E-state index is 0.183. The van der Waals surface area contributed by atoms with E-state index >= 15 is 0 Å². The van der Waals surface area contributed by atoms with Crippen LogP contribution in [0.4, 0.5) is 0 Å². The number of carbonyl (C=O) groups is 1. The molecule has 0 fully saturated rings. The van der Waals surface area contributed by atoms with Crippen molar-refractivity contribution in [2.75, 3.05) is 26.7 Å². The topological polar surface area (TPSA) is 75.7 Å². The van der Waals surface area contributed by atoms with Crippen molar-refractivity contribution in [3.05, 3.63) is 65.2 Å². The molecule has 0 heterocycles. The van der Waals surface area contributed by atoms with Crippen LogP contribution < -0.4 is 5.32 Å². The lowest BCUT2D eigenvalue weighted by Gasteiger charge is -2.19. The van der Waals surface area contributed by atoms with Gasteiger partial charge in [0.1, 0.15) is 0 Å². The molecule has 1 N–H and O–H groups in total. The molecule has 6 nitrogen and oxygen atoms in total. The van der Waals surface area contributed by atoms with Crippen molar-refractivity contribution in [3.8, 4) is 0 Å². The molecule has 0 aromatic heterocycles. The molecular weight excluding hydrogens is 376 g/mol. The van der Waals surface area contributed by atoms with Crippen LogP contribution in [0.2, 0.25) is 0 Å². The minimum Gasteiger partial charge on any atom is -0.375 e. The molecule has 0 saturated carbocycles. The van der Waals surface area contributed by atoms with Crippen LogP contribution in [0.5, 0.6) is 0 Å². The van der Waals surface area contributed by atoms with E-state index in [1.165, 1.54) is 28.6 Å². The monoisotopic (exact) mass is 404 g/mol. The predicted molar refractivity (Wildman–Crippen MR) is 110 cm³/mol. The first-order valence-electron chi connectivity index (χ1n) is 9.31. The number of benzene rings is 2. The van der Waals surface area contributed by atoms with Gasteiger partial charge in [0.2, 0.25) is 10.0 Å². The summed E-state index contributed by atoms with van der Waals surface area (Å²) in [6, 6.07) is 13.9. The molecule has 0 saturated heterocycles. The third kappa shape index (κ3) is 4.98. The summed E-state index contributed by atoms with van der Waals surface area (Å²) >= 11 is 0. The van der Waals surface area contributed by atoms with Gasteiger partial charge >= 0.3 is 0 Å². The molecule has 0 aliphatic carbocycles. The van der Waals surface area contributed by atoms with E-state index in [1.54, 1.807) is 21.0 Å². The van der Waals surface area contributed by atoms with Gasteiger partial charge in [-0.15, -0.1) is 0 Å². The van der Waals surface area contributed by atoms with Gasteiger partial charge in [0, 0.05) is 32.3 Å². The molecule has 1 amide bonds. The molecule has 0 bridgehead atoms. The summed E-state index contributed by atoms with van der Waals surface area (Å²) in [6.45, 7) is 6.71. The van der Waals surface area contributed by atoms with Crippen LogP contribution in [-0.4, -0.2) is 45.4 Å². The van der Waals surface area contributed by atoms with Gasteiger partial charge in [-0.3, -0.25) is 4.79 Å². The first-order chi connectivity index (χ1) is 13.3. The number of rotatable bonds is 9. The smallest absolute Gasteiger partial charge is 0.251 e. The van der Waals surface area contributed by atoms with E-state index in [0.717, 1.165) is 11.1 Å². The van der Waals surface area contributed by atoms with Crippen LogP contribution in [0.25, 0.3) is 0 Å². The average molecular weight is 405 g/mol. The zero-order chi connectivity index (χ0) is 20.7. The highest BCUT2D eigenvalue weighted by atomic mass is 32.2. The van der Waals surface area contributed by atoms with Crippen LogP contribution in [0.15, 0.2) is 53.4 Å². The number of carbonyl (C=O) groups excluding carboxylic acids is 1. The number of ether oxygens (including phenoxy) is 1. The van der Waals surface area contributed by atoms with Crippen LogP contribution in [0, 0.1) is 6.92 Å². The number of nitrogens with one attached hydrogen (secondary N) is 1. The minimum atomic E-state index is -3.53. The van der Waals surface area contributed by atoms with Crippen molar-refractivity contribution in [1.29, 1.82) is 0 Å². The summed E-state index contributed by atoms with van der Waals surface area (Å²) < 4.78 is 32.0. The Bertz CT molecular complexity index is 891. The number of amides is 1. The zero-order valence-corrected chi connectivity index (χ0v) is 17.6. The fourth-order valence-electron chi connectivity index (χ4n) is 3.05. The second kappa shape index (κ2) is 9.82.